The number of hydrogen-bond acceptors (Lipinski definition) is 5. The number of imide groups is 1. The number of carbonyl (C=O) groups is 3. The summed E-state index contributed by atoms with van der Waals surface area (Å²) >= 11 is 5.24. The molecule has 3 rings (SSSR count). The van der Waals surface area contributed by atoms with Gasteiger partial charge in [-0.2, -0.15) is 0 Å². The second-order valence-electron chi connectivity index (χ2n) is 6.19. The van der Waals surface area contributed by atoms with Crippen molar-refractivity contribution in [1.82, 2.24) is 4.90 Å². The summed E-state index contributed by atoms with van der Waals surface area (Å²) in [6.45, 7) is 4.06. The van der Waals surface area contributed by atoms with Crippen LogP contribution in [0.2, 0.25) is 0 Å². The number of carbonyl (C=O) groups excluding carboxylic acids is 2. The standard InChI is InChI=1S/C21H15I2NO5S/c1-2-7-24-19(25)17(30-21(24)28)10-13-8-15(22)18(16(23)9-13)29-11-12-3-5-14(6-4-12)20(26)27/h2-6,8-10H,1,7,11H2,(H,26,27)/b17-10+. The first-order chi connectivity index (χ1) is 14.3. The van der Waals surface area contributed by atoms with E-state index in [1.807, 2.05) is 12.1 Å². The second-order valence-corrected chi connectivity index (χ2v) is 9.50. The monoisotopic (exact) mass is 647 g/mol. The maximum absolute atomic E-state index is 12.4. The molecule has 0 bridgehead atoms. The number of rotatable bonds is 7. The van der Waals surface area contributed by atoms with Gasteiger partial charge in [0.2, 0.25) is 0 Å². The molecule has 0 atom stereocenters. The molecule has 1 aliphatic heterocycles. The van der Waals surface area contributed by atoms with Gasteiger partial charge in [-0.05, 0) is 98.4 Å². The molecule has 9 heteroatoms. The first-order valence-electron chi connectivity index (χ1n) is 8.60. The smallest absolute Gasteiger partial charge is 0.335 e. The molecule has 0 spiro atoms. The highest BCUT2D eigenvalue weighted by atomic mass is 127. The Bertz CT molecular complexity index is 1040. The molecule has 154 valence electrons. The van der Waals surface area contributed by atoms with E-state index < -0.39 is 5.97 Å². The molecule has 0 radical (unpaired) electrons. The number of carboxylic acid groups (broad SMARTS) is 1. The summed E-state index contributed by atoms with van der Waals surface area (Å²) in [5.74, 6) is -0.583. The molecule has 1 heterocycles. The van der Waals surface area contributed by atoms with Crippen LogP contribution in [0.1, 0.15) is 21.5 Å². The van der Waals surface area contributed by atoms with E-state index in [9.17, 15) is 14.4 Å². The van der Waals surface area contributed by atoms with Crippen molar-refractivity contribution >= 4 is 80.1 Å². The van der Waals surface area contributed by atoms with Crippen LogP contribution >= 0.6 is 56.9 Å². The van der Waals surface area contributed by atoms with E-state index in [1.54, 1.807) is 30.3 Å². The summed E-state index contributed by atoms with van der Waals surface area (Å²) in [6.07, 6.45) is 3.22. The van der Waals surface area contributed by atoms with E-state index in [-0.39, 0.29) is 23.3 Å². The fourth-order valence-electron chi connectivity index (χ4n) is 2.64. The first kappa shape index (κ1) is 22.8. The van der Waals surface area contributed by atoms with E-state index in [4.69, 9.17) is 9.84 Å². The van der Waals surface area contributed by atoms with Gasteiger partial charge in [0.1, 0.15) is 12.4 Å². The van der Waals surface area contributed by atoms with E-state index in [0.29, 0.717) is 17.3 Å². The quantitative estimate of drug-likeness (QED) is 0.247. The number of carboxylic acids is 1. The minimum Gasteiger partial charge on any atom is -0.487 e. The van der Waals surface area contributed by atoms with E-state index >= 15 is 0 Å². The Kier molecular flexibility index (Phi) is 7.58. The van der Waals surface area contributed by atoms with Gasteiger partial charge in [-0.25, -0.2) is 4.79 Å². The van der Waals surface area contributed by atoms with Gasteiger partial charge in [-0.15, -0.1) is 6.58 Å². The summed E-state index contributed by atoms with van der Waals surface area (Å²) in [7, 11) is 0. The molecule has 1 aliphatic rings. The molecule has 2 amide bonds. The van der Waals surface area contributed by atoms with Crippen LogP contribution in [-0.2, 0) is 11.4 Å². The first-order valence-corrected chi connectivity index (χ1v) is 11.6. The number of benzene rings is 2. The zero-order valence-electron chi connectivity index (χ0n) is 15.4. The predicted octanol–water partition coefficient (Wildman–Crippen LogP) is 5.40. The minimum absolute atomic E-state index is 0.192. The predicted molar refractivity (Wildman–Crippen MR) is 132 cm³/mol. The maximum atomic E-state index is 12.4. The van der Waals surface area contributed by atoms with Gasteiger partial charge in [0, 0.05) is 6.54 Å². The fourth-order valence-corrected chi connectivity index (χ4v) is 5.61. The summed E-state index contributed by atoms with van der Waals surface area (Å²) in [6, 6.07) is 10.3. The molecule has 1 fully saturated rings. The SMILES string of the molecule is C=CCN1C(=O)S/C(=C/c2cc(I)c(OCc3ccc(C(=O)O)cc3)c(I)c2)C1=O. The fraction of sp³-hybridized carbons (Fsp3) is 0.0952. The number of thioether (sulfide) groups is 1. The molecule has 2 aromatic rings. The molecular weight excluding hydrogens is 632 g/mol. The molecule has 2 aromatic carbocycles. The van der Waals surface area contributed by atoms with Crippen molar-refractivity contribution in [2.24, 2.45) is 0 Å². The average Bonchev–Trinajstić information content (AvgIpc) is 2.95. The van der Waals surface area contributed by atoms with E-state index in [2.05, 4.69) is 51.8 Å². The Labute approximate surface area is 204 Å². The van der Waals surface area contributed by atoms with Gasteiger partial charge in [-0.1, -0.05) is 18.2 Å². The number of nitrogens with zero attached hydrogens (tertiary/aromatic N) is 1. The third kappa shape index (κ3) is 5.24. The van der Waals surface area contributed by atoms with Crippen LogP contribution in [0.5, 0.6) is 5.75 Å². The Balaban J connectivity index is 1.75. The molecule has 6 nitrogen and oxygen atoms in total. The highest BCUT2D eigenvalue weighted by Gasteiger charge is 2.34. The molecule has 1 saturated heterocycles. The van der Waals surface area contributed by atoms with E-state index in [1.165, 1.54) is 6.08 Å². The molecule has 0 saturated carbocycles. The Morgan fingerprint density at radius 2 is 1.80 bits per heavy atom. The summed E-state index contributed by atoms with van der Waals surface area (Å²) < 4.78 is 7.66. The minimum atomic E-state index is -0.968. The lowest BCUT2D eigenvalue weighted by atomic mass is 10.1. The summed E-state index contributed by atoms with van der Waals surface area (Å²) in [5.41, 5.74) is 1.88. The van der Waals surface area contributed by atoms with Crippen molar-refractivity contribution in [2.75, 3.05) is 6.54 Å². The lowest BCUT2D eigenvalue weighted by Gasteiger charge is -2.12. The third-order valence-electron chi connectivity index (χ3n) is 4.09. The van der Waals surface area contributed by atoms with Crippen LogP contribution in [-0.4, -0.2) is 33.7 Å². The Morgan fingerprint density at radius 1 is 1.17 bits per heavy atom. The molecule has 1 N–H and O–H groups in total. The third-order valence-corrected chi connectivity index (χ3v) is 6.60. The largest absolute Gasteiger partial charge is 0.487 e. The Morgan fingerprint density at radius 3 is 2.37 bits per heavy atom. The molecule has 0 aliphatic carbocycles. The highest BCUT2D eigenvalue weighted by molar-refractivity contribution is 14.1. The lowest BCUT2D eigenvalue weighted by molar-refractivity contribution is -0.122. The van der Waals surface area contributed by atoms with Gasteiger partial charge in [0.15, 0.2) is 0 Å². The van der Waals surface area contributed by atoms with Crippen molar-refractivity contribution in [3.05, 3.63) is 77.8 Å². The van der Waals surface area contributed by atoms with Crippen molar-refractivity contribution in [2.45, 2.75) is 6.61 Å². The van der Waals surface area contributed by atoms with Crippen molar-refractivity contribution < 1.29 is 24.2 Å². The van der Waals surface area contributed by atoms with Gasteiger partial charge in [0.05, 0.1) is 17.6 Å². The van der Waals surface area contributed by atoms with Gasteiger partial charge >= 0.3 is 5.97 Å². The maximum Gasteiger partial charge on any atom is 0.335 e. The molecule has 0 aromatic heterocycles. The van der Waals surface area contributed by atoms with Crippen LogP contribution < -0.4 is 4.74 Å². The van der Waals surface area contributed by atoms with Gasteiger partial charge in [-0.3, -0.25) is 14.5 Å². The zero-order valence-corrected chi connectivity index (χ0v) is 20.6. The average molecular weight is 647 g/mol. The molecule has 0 unspecified atom stereocenters. The van der Waals surface area contributed by atoms with Crippen molar-refractivity contribution in [1.29, 1.82) is 0 Å². The van der Waals surface area contributed by atoms with Crippen LogP contribution in [0.3, 0.4) is 0 Å². The van der Waals surface area contributed by atoms with Crippen LogP contribution in [0.25, 0.3) is 6.08 Å². The van der Waals surface area contributed by atoms with Crippen LogP contribution in [0, 0.1) is 7.14 Å². The number of aromatic carboxylic acids is 1. The van der Waals surface area contributed by atoms with E-state index in [0.717, 1.165) is 34.9 Å². The van der Waals surface area contributed by atoms with Crippen molar-refractivity contribution in [3.8, 4) is 5.75 Å². The van der Waals surface area contributed by atoms with Crippen molar-refractivity contribution in [3.63, 3.8) is 0 Å². The highest BCUT2D eigenvalue weighted by Crippen LogP contribution is 2.35. The summed E-state index contributed by atoms with van der Waals surface area (Å²) in [4.78, 5) is 36.8. The van der Waals surface area contributed by atoms with Crippen LogP contribution in [0.15, 0.2) is 54.0 Å². The number of hydrogen-bond donors (Lipinski definition) is 1. The molecule has 30 heavy (non-hydrogen) atoms. The molecular formula is C21H15I2NO5S. The second kappa shape index (κ2) is 9.96. The topological polar surface area (TPSA) is 83.9 Å². The lowest BCUT2D eigenvalue weighted by Crippen LogP contribution is -2.27. The Hall–Kier alpha value is -1.86. The summed E-state index contributed by atoms with van der Waals surface area (Å²) in [5, 5.41) is 8.67. The van der Waals surface area contributed by atoms with Crippen LogP contribution in [0.4, 0.5) is 4.79 Å². The number of ether oxygens (including phenoxy) is 1. The number of amides is 2. The number of halogens is 2. The normalized spacial score (nSPS) is 15.0. The van der Waals surface area contributed by atoms with Gasteiger partial charge < -0.3 is 9.84 Å². The van der Waals surface area contributed by atoms with Gasteiger partial charge in [0.25, 0.3) is 11.1 Å². The zero-order chi connectivity index (χ0) is 21.8.